The number of halogens is 1. The standard InChI is InChI=1S/C5H8FNO4/c6-2(4(8)9)1-3(7)5(10)11/h2-3H,1,7H2,(H,8,9)(H,10,11)/t2?,3-/m0/s1/i6-1. The largest absolute Gasteiger partial charge is 0.480 e. The van der Waals surface area contributed by atoms with Crippen LogP contribution in [0.1, 0.15) is 6.42 Å². The highest BCUT2D eigenvalue weighted by Gasteiger charge is 2.23. The third-order valence-electron chi connectivity index (χ3n) is 1.05. The van der Waals surface area contributed by atoms with Gasteiger partial charge in [-0.05, 0) is 0 Å². The van der Waals surface area contributed by atoms with Gasteiger partial charge >= 0.3 is 11.9 Å². The first-order valence-corrected chi connectivity index (χ1v) is 2.80. The van der Waals surface area contributed by atoms with Gasteiger partial charge in [0.2, 0.25) is 0 Å². The van der Waals surface area contributed by atoms with Crippen molar-refractivity contribution in [1.29, 1.82) is 0 Å². The molecule has 0 rings (SSSR count). The third-order valence-corrected chi connectivity index (χ3v) is 1.05. The number of carbonyl (C=O) groups is 2. The molecule has 1 unspecified atom stereocenters. The zero-order valence-corrected chi connectivity index (χ0v) is 5.53. The zero-order valence-electron chi connectivity index (χ0n) is 5.53. The molecule has 0 amide bonds. The van der Waals surface area contributed by atoms with Gasteiger partial charge in [-0.25, -0.2) is 9.18 Å². The summed E-state index contributed by atoms with van der Waals surface area (Å²) in [6.07, 6.45) is -2.91. The number of hydrogen-bond donors (Lipinski definition) is 3. The van der Waals surface area contributed by atoms with Crippen LogP contribution in [0.4, 0.5) is 4.39 Å². The van der Waals surface area contributed by atoms with Gasteiger partial charge in [-0.2, -0.15) is 0 Å². The van der Waals surface area contributed by atoms with Crippen molar-refractivity contribution in [3.63, 3.8) is 0 Å². The van der Waals surface area contributed by atoms with E-state index in [1.165, 1.54) is 0 Å². The average Bonchev–Trinajstić information content (AvgIpc) is 1.87. The Morgan fingerprint density at radius 3 is 2.09 bits per heavy atom. The summed E-state index contributed by atoms with van der Waals surface area (Å²) in [7, 11) is 0. The average molecular weight is 164 g/mol. The summed E-state index contributed by atoms with van der Waals surface area (Å²) in [5.74, 6) is -3.10. The van der Waals surface area contributed by atoms with E-state index in [1.807, 2.05) is 0 Å². The van der Waals surface area contributed by atoms with Crippen LogP contribution in [-0.4, -0.2) is 34.4 Å². The second-order valence-electron chi connectivity index (χ2n) is 1.99. The van der Waals surface area contributed by atoms with Gasteiger partial charge in [0.1, 0.15) is 6.04 Å². The van der Waals surface area contributed by atoms with E-state index in [2.05, 4.69) is 0 Å². The molecule has 0 saturated carbocycles. The first-order valence-electron chi connectivity index (χ1n) is 2.80. The summed E-state index contributed by atoms with van der Waals surface area (Å²) >= 11 is 0. The molecular formula is C5H8FNO4. The maximum atomic E-state index is 12.2. The molecule has 4 N–H and O–H groups in total. The highest BCUT2D eigenvalue weighted by Crippen LogP contribution is 2.00. The van der Waals surface area contributed by atoms with Crippen LogP contribution in [0.5, 0.6) is 0 Å². The molecule has 11 heavy (non-hydrogen) atoms. The predicted octanol–water partition coefficient (Wildman–Crippen LogP) is -0.789. The van der Waals surface area contributed by atoms with Crippen LogP contribution < -0.4 is 5.73 Å². The Kier molecular flexibility index (Phi) is 3.46. The zero-order chi connectivity index (χ0) is 9.02. The molecule has 0 radical (unpaired) electrons. The van der Waals surface area contributed by atoms with Crippen LogP contribution in [0.2, 0.25) is 0 Å². The van der Waals surface area contributed by atoms with Crippen LogP contribution in [0, 0.1) is 0 Å². The molecule has 0 aliphatic carbocycles. The summed E-state index contributed by atoms with van der Waals surface area (Å²) in [6, 6.07) is -1.46. The Bertz CT molecular complexity index is 154. The fourth-order valence-electron chi connectivity index (χ4n) is 0.425. The van der Waals surface area contributed by atoms with Gasteiger partial charge < -0.3 is 15.9 Å². The lowest BCUT2D eigenvalue weighted by Gasteiger charge is -2.06. The number of rotatable bonds is 4. The lowest BCUT2D eigenvalue weighted by atomic mass is 10.1. The van der Waals surface area contributed by atoms with E-state index in [4.69, 9.17) is 15.9 Å². The fraction of sp³-hybridized carbons (Fsp3) is 0.600. The molecule has 6 heteroatoms. The molecule has 0 aromatic carbocycles. The lowest BCUT2D eigenvalue weighted by Crippen LogP contribution is -2.35. The highest BCUT2D eigenvalue weighted by molar-refractivity contribution is 5.76. The molecule has 0 aromatic rings. The molecular weight excluding hydrogens is 156 g/mol. The van der Waals surface area contributed by atoms with Crippen LogP contribution in [-0.2, 0) is 9.59 Å². The number of hydrogen-bond acceptors (Lipinski definition) is 3. The summed E-state index contributed by atoms with van der Waals surface area (Å²) in [5.41, 5.74) is 4.85. The maximum absolute atomic E-state index is 12.2. The highest BCUT2D eigenvalue weighted by atomic mass is 18.2. The molecule has 5 nitrogen and oxygen atoms in total. The van der Waals surface area contributed by atoms with Crippen molar-refractivity contribution in [3.05, 3.63) is 0 Å². The van der Waals surface area contributed by atoms with E-state index in [1.54, 1.807) is 0 Å². The van der Waals surface area contributed by atoms with E-state index in [-0.39, 0.29) is 0 Å². The first kappa shape index (κ1) is 9.83. The number of carboxylic acids is 2. The van der Waals surface area contributed by atoms with Crippen molar-refractivity contribution in [3.8, 4) is 0 Å². The molecule has 0 heterocycles. The van der Waals surface area contributed by atoms with Crippen molar-refractivity contribution >= 4 is 11.9 Å². The fourth-order valence-corrected chi connectivity index (χ4v) is 0.425. The Labute approximate surface area is 61.6 Å². The van der Waals surface area contributed by atoms with Crippen LogP contribution >= 0.6 is 0 Å². The monoisotopic (exact) mass is 164 g/mol. The van der Waals surface area contributed by atoms with E-state index in [0.717, 1.165) is 0 Å². The molecule has 0 aliphatic heterocycles. The normalized spacial score (nSPS) is 15.5. The Morgan fingerprint density at radius 2 is 1.82 bits per heavy atom. The molecule has 0 aliphatic rings. The first-order chi connectivity index (χ1) is 4.95. The second-order valence-corrected chi connectivity index (χ2v) is 1.99. The number of aliphatic carboxylic acids is 2. The SMILES string of the molecule is N[C@@H](CC([18F])C(=O)O)C(=O)O. The molecule has 2 atom stereocenters. The third kappa shape index (κ3) is 3.51. The summed E-state index contributed by atoms with van der Waals surface area (Å²) in [4.78, 5) is 19.8. The van der Waals surface area contributed by atoms with Gasteiger partial charge in [0.05, 0.1) is 0 Å². The Hall–Kier alpha value is -1.17. The van der Waals surface area contributed by atoms with E-state index in [0.29, 0.717) is 0 Å². The van der Waals surface area contributed by atoms with Crippen LogP contribution in [0.15, 0.2) is 0 Å². The van der Waals surface area contributed by atoms with Gasteiger partial charge in [0.15, 0.2) is 6.17 Å². The smallest absolute Gasteiger partial charge is 0.338 e. The van der Waals surface area contributed by atoms with Gasteiger partial charge in [-0.15, -0.1) is 0 Å². The van der Waals surface area contributed by atoms with Crippen molar-refractivity contribution in [1.82, 2.24) is 0 Å². The minimum Gasteiger partial charge on any atom is -0.480 e. The Balaban J connectivity index is 3.84. The van der Waals surface area contributed by atoms with Crippen molar-refractivity contribution in [2.45, 2.75) is 18.6 Å². The minimum atomic E-state index is -2.21. The van der Waals surface area contributed by atoms with Gasteiger partial charge in [-0.1, -0.05) is 0 Å². The van der Waals surface area contributed by atoms with E-state index in [9.17, 15) is 14.0 Å². The number of nitrogens with two attached hydrogens (primary N) is 1. The molecule has 0 bridgehead atoms. The molecule has 0 spiro atoms. The molecule has 64 valence electrons. The van der Waals surface area contributed by atoms with Gasteiger partial charge in [0.25, 0.3) is 0 Å². The summed E-state index contributed by atoms with van der Waals surface area (Å²) in [5, 5.41) is 16.1. The predicted molar refractivity (Wildman–Crippen MR) is 32.8 cm³/mol. The number of carboxylic acid groups (broad SMARTS) is 2. The van der Waals surface area contributed by atoms with Crippen molar-refractivity contribution in [2.24, 2.45) is 5.73 Å². The molecule has 0 saturated heterocycles. The van der Waals surface area contributed by atoms with Crippen molar-refractivity contribution in [2.75, 3.05) is 0 Å². The summed E-state index contributed by atoms with van der Waals surface area (Å²) in [6.45, 7) is 0. The van der Waals surface area contributed by atoms with Gasteiger partial charge in [0, 0.05) is 6.42 Å². The van der Waals surface area contributed by atoms with Crippen LogP contribution in [0.25, 0.3) is 0 Å². The van der Waals surface area contributed by atoms with E-state index < -0.39 is 30.6 Å². The Morgan fingerprint density at radius 1 is 1.36 bits per heavy atom. The maximum Gasteiger partial charge on any atom is 0.338 e. The minimum absolute atomic E-state index is 0.704. The molecule has 0 fully saturated rings. The van der Waals surface area contributed by atoms with Crippen molar-refractivity contribution < 1.29 is 24.2 Å². The molecule has 0 aromatic heterocycles. The second kappa shape index (κ2) is 3.87. The lowest BCUT2D eigenvalue weighted by molar-refractivity contribution is -0.144. The van der Waals surface area contributed by atoms with Crippen LogP contribution in [0.3, 0.4) is 0 Å². The van der Waals surface area contributed by atoms with Gasteiger partial charge in [-0.3, -0.25) is 4.79 Å². The number of alkyl halides is 1. The summed E-state index contributed by atoms with van der Waals surface area (Å²) < 4.78 is 12.2. The quantitative estimate of drug-likeness (QED) is 0.505. The van der Waals surface area contributed by atoms with E-state index >= 15 is 0 Å². The topological polar surface area (TPSA) is 101 Å².